The van der Waals surface area contributed by atoms with Gasteiger partial charge in [0.2, 0.25) is 0 Å². The lowest BCUT2D eigenvalue weighted by molar-refractivity contribution is -0.123. The van der Waals surface area contributed by atoms with E-state index in [1.807, 2.05) is 68.4 Å². The third kappa shape index (κ3) is 4.09. The maximum atomic E-state index is 13.0. The van der Waals surface area contributed by atoms with Crippen molar-refractivity contribution in [1.29, 1.82) is 0 Å². The van der Waals surface area contributed by atoms with Crippen LogP contribution in [0.2, 0.25) is 5.02 Å². The Balaban J connectivity index is 1.73. The van der Waals surface area contributed by atoms with Crippen LogP contribution in [0.15, 0.2) is 65.6 Å². The fourth-order valence-corrected chi connectivity index (χ4v) is 4.36. The number of ether oxygens (including phenoxy) is 1. The maximum absolute atomic E-state index is 13.0. The minimum atomic E-state index is -0.326. The molecule has 0 saturated carbocycles. The van der Waals surface area contributed by atoms with Gasteiger partial charge >= 0.3 is 0 Å². The summed E-state index contributed by atoms with van der Waals surface area (Å²) in [4.78, 5) is 27.2. The number of nitrogens with zero attached hydrogens (tertiary/aromatic N) is 1. The summed E-state index contributed by atoms with van der Waals surface area (Å²) >= 11 is 7.15. The first-order valence-corrected chi connectivity index (χ1v) is 10.8. The van der Waals surface area contributed by atoms with Crippen LogP contribution in [0.4, 0.5) is 4.79 Å². The van der Waals surface area contributed by atoms with E-state index in [4.69, 9.17) is 16.3 Å². The van der Waals surface area contributed by atoms with Crippen molar-refractivity contribution < 1.29 is 14.3 Å². The number of hydrogen-bond donors (Lipinski definition) is 0. The van der Waals surface area contributed by atoms with Crippen molar-refractivity contribution in [2.75, 3.05) is 0 Å². The lowest BCUT2D eigenvalue weighted by Crippen LogP contribution is -2.27. The van der Waals surface area contributed by atoms with Crippen LogP contribution < -0.4 is 4.74 Å². The van der Waals surface area contributed by atoms with Gasteiger partial charge < -0.3 is 4.74 Å². The number of amides is 2. The number of thioether (sulfide) groups is 1. The molecule has 0 aliphatic carbocycles. The molecule has 3 aromatic rings. The average Bonchev–Trinajstić information content (AvgIpc) is 2.98. The van der Waals surface area contributed by atoms with Gasteiger partial charge in [0.15, 0.2) is 0 Å². The molecule has 0 bridgehead atoms. The second kappa shape index (κ2) is 8.54. The Labute approximate surface area is 184 Å². The molecule has 1 fully saturated rings. The number of fused-ring (bicyclic) bond motifs is 1. The number of halogens is 1. The fourth-order valence-electron chi connectivity index (χ4n) is 3.35. The van der Waals surface area contributed by atoms with Gasteiger partial charge in [-0.1, -0.05) is 60.1 Å². The third-order valence-corrected chi connectivity index (χ3v) is 6.00. The molecule has 0 aromatic heterocycles. The molecule has 1 aliphatic heterocycles. The predicted molar refractivity (Wildman–Crippen MR) is 123 cm³/mol. The van der Waals surface area contributed by atoms with Crippen LogP contribution in [-0.2, 0) is 11.3 Å². The summed E-state index contributed by atoms with van der Waals surface area (Å²) < 4.78 is 5.98. The maximum Gasteiger partial charge on any atom is 0.293 e. The highest BCUT2D eigenvalue weighted by Crippen LogP contribution is 2.38. The highest BCUT2D eigenvalue weighted by molar-refractivity contribution is 8.18. The highest BCUT2D eigenvalue weighted by atomic mass is 35.5. The molecule has 30 heavy (non-hydrogen) atoms. The van der Waals surface area contributed by atoms with Crippen LogP contribution >= 0.6 is 23.4 Å². The first-order chi connectivity index (χ1) is 14.4. The van der Waals surface area contributed by atoms with Crippen LogP contribution in [0.3, 0.4) is 0 Å². The summed E-state index contributed by atoms with van der Waals surface area (Å²) in [5.74, 6) is 0.356. The number of rotatable bonds is 5. The van der Waals surface area contributed by atoms with E-state index in [1.165, 1.54) is 4.90 Å². The van der Waals surface area contributed by atoms with Crippen molar-refractivity contribution in [2.24, 2.45) is 0 Å². The minimum absolute atomic E-state index is 0.0198. The van der Waals surface area contributed by atoms with Gasteiger partial charge in [0.25, 0.3) is 11.1 Å². The molecule has 0 radical (unpaired) electrons. The van der Waals surface area contributed by atoms with Crippen LogP contribution in [0.1, 0.15) is 25.0 Å². The quantitative estimate of drug-likeness (QED) is 0.426. The summed E-state index contributed by atoms with van der Waals surface area (Å²) in [6.45, 7) is 4.06. The highest BCUT2D eigenvalue weighted by Gasteiger charge is 2.35. The van der Waals surface area contributed by atoms with Crippen molar-refractivity contribution in [3.8, 4) is 5.75 Å². The predicted octanol–water partition coefficient (Wildman–Crippen LogP) is 6.52. The molecule has 0 atom stereocenters. The second-order valence-corrected chi connectivity index (χ2v) is 8.62. The van der Waals surface area contributed by atoms with E-state index in [2.05, 4.69) is 0 Å². The number of benzene rings is 3. The van der Waals surface area contributed by atoms with E-state index in [0.29, 0.717) is 15.7 Å². The zero-order valence-corrected chi connectivity index (χ0v) is 18.2. The Morgan fingerprint density at radius 2 is 1.77 bits per heavy atom. The molecule has 3 aromatic carbocycles. The Kier molecular flexibility index (Phi) is 5.84. The first kappa shape index (κ1) is 20.5. The van der Waals surface area contributed by atoms with Gasteiger partial charge in [-0.15, -0.1) is 0 Å². The van der Waals surface area contributed by atoms with E-state index in [-0.39, 0.29) is 23.8 Å². The topological polar surface area (TPSA) is 46.6 Å². The minimum Gasteiger partial charge on any atom is -0.490 e. The summed E-state index contributed by atoms with van der Waals surface area (Å²) in [7, 11) is 0. The molecule has 4 rings (SSSR count). The van der Waals surface area contributed by atoms with E-state index >= 15 is 0 Å². The molecular weight excluding hydrogens is 418 g/mol. The van der Waals surface area contributed by atoms with E-state index < -0.39 is 0 Å². The molecule has 2 amide bonds. The molecule has 6 heteroatoms. The third-order valence-electron chi connectivity index (χ3n) is 4.73. The molecule has 152 valence electrons. The zero-order valence-electron chi connectivity index (χ0n) is 16.6. The molecule has 0 spiro atoms. The van der Waals surface area contributed by atoms with E-state index in [1.54, 1.807) is 12.1 Å². The van der Waals surface area contributed by atoms with Crippen LogP contribution in [0.25, 0.3) is 16.8 Å². The van der Waals surface area contributed by atoms with Crippen LogP contribution in [0, 0.1) is 0 Å². The SMILES string of the molecule is CC(C)Oc1ccc2ccccc2c1/C=C1\SC(=O)N(Cc2ccccc2Cl)C1=O. The molecule has 1 saturated heterocycles. The molecule has 0 unspecified atom stereocenters. The number of carbonyl (C=O) groups is 2. The summed E-state index contributed by atoms with van der Waals surface area (Å²) in [5, 5.41) is 2.23. The van der Waals surface area contributed by atoms with Crippen molar-refractivity contribution in [1.82, 2.24) is 4.90 Å². The zero-order chi connectivity index (χ0) is 21.3. The molecule has 1 aliphatic rings. The Morgan fingerprint density at radius 3 is 2.53 bits per heavy atom. The second-order valence-electron chi connectivity index (χ2n) is 7.22. The molecule has 1 heterocycles. The largest absolute Gasteiger partial charge is 0.490 e. The number of hydrogen-bond acceptors (Lipinski definition) is 4. The van der Waals surface area contributed by atoms with Gasteiger partial charge in [-0.3, -0.25) is 14.5 Å². The van der Waals surface area contributed by atoms with Crippen LogP contribution in [0.5, 0.6) is 5.75 Å². The van der Waals surface area contributed by atoms with Gasteiger partial charge in [-0.2, -0.15) is 0 Å². The molecular formula is C24H20ClNO3S. The summed E-state index contributed by atoms with van der Waals surface area (Å²) in [5.41, 5.74) is 1.53. The lowest BCUT2D eigenvalue weighted by Gasteiger charge is -2.15. The number of imide groups is 1. The molecule has 4 nitrogen and oxygen atoms in total. The van der Waals surface area contributed by atoms with E-state index in [9.17, 15) is 9.59 Å². The van der Waals surface area contributed by atoms with Crippen molar-refractivity contribution in [3.05, 3.63) is 81.7 Å². The van der Waals surface area contributed by atoms with Crippen LogP contribution in [-0.4, -0.2) is 22.2 Å². The van der Waals surface area contributed by atoms with Gasteiger partial charge in [-0.25, -0.2) is 0 Å². The Hall–Kier alpha value is -2.76. The monoisotopic (exact) mass is 437 g/mol. The summed E-state index contributed by atoms with van der Waals surface area (Å²) in [6, 6.07) is 19.0. The van der Waals surface area contributed by atoms with Gasteiger partial charge in [-0.05, 0) is 60.2 Å². The normalized spacial score (nSPS) is 15.6. The van der Waals surface area contributed by atoms with Crippen molar-refractivity contribution in [3.63, 3.8) is 0 Å². The van der Waals surface area contributed by atoms with Crippen molar-refractivity contribution >= 4 is 51.4 Å². The van der Waals surface area contributed by atoms with E-state index in [0.717, 1.165) is 33.7 Å². The lowest BCUT2D eigenvalue weighted by atomic mass is 10.0. The Bertz CT molecular complexity index is 1170. The van der Waals surface area contributed by atoms with Gasteiger partial charge in [0.1, 0.15) is 5.75 Å². The first-order valence-electron chi connectivity index (χ1n) is 9.61. The van der Waals surface area contributed by atoms with Gasteiger partial charge in [0, 0.05) is 10.6 Å². The van der Waals surface area contributed by atoms with Crippen molar-refractivity contribution in [2.45, 2.75) is 26.5 Å². The average molecular weight is 438 g/mol. The summed E-state index contributed by atoms with van der Waals surface area (Å²) in [6.07, 6.45) is 1.74. The van der Waals surface area contributed by atoms with Gasteiger partial charge in [0.05, 0.1) is 17.6 Å². The standard InChI is InChI=1S/C24H20ClNO3S/c1-15(2)29-21-12-11-16-7-3-5-9-18(16)19(21)13-22-23(27)26(24(28)30-22)14-17-8-4-6-10-20(17)25/h3-13,15H,14H2,1-2H3/b22-13-. The Morgan fingerprint density at radius 1 is 1.03 bits per heavy atom. The smallest absolute Gasteiger partial charge is 0.293 e. The fraction of sp³-hybridized carbons (Fsp3) is 0.167. The number of carbonyl (C=O) groups excluding carboxylic acids is 2. The molecule has 0 N–H and O–H groups in total.